The Balaban J connectivity index is 1.90. The Morgan fingerprint density at radius 3 is 2.71 bits per heavy atom. The van der Waals surface area contributed by atoms with Crippen molar-refractivity contribution in [2.75, 3.05) is 5.73 Å². The van der Waals surface area contributed by atoms with Crippen molar-refractivity contribution in [2.24, 2.45) is 4.99 Å². The molecule has 0 bridgehead atoms. The van der Waals surface area contributed by atoms with Crippen LogP contribution in [0.2, 0.25) is 0 Å². The number of hydrogen-bond donors (Lipinski definition) is 4. The van der Waals surface area contributed by atoms with Gasteiger partial charge in [0.25, 0.3) is 0 Å². The number of benzene rings is 2. The molecule has 11 nitrogen and oxygen atoms in total. The van der Waals surface area contributed by atoms with E-state index in [2.05, 4.69) is 16.9 Å². The zero-order chi connectivity index (χ0) is 25.2. The van der Waals surface area contributed by atoms with E-state index in [1.54, 1.807) is 6.07 Å². The molecule has 2 heterocycles. The maximum atomic E-state index is 11.3. The van der Waals surface area contributed by atoms with Gasteiger partial charge < -0.3 is 19.9 Å². The van der Waals surface area contributed by atoms with Gasteiger partial charge >= 0.3 is 7.82 Å². The quantitative estimate of drug-likeness (QED) is 0.153. The zero-order valence-corrected chi connectivity index (χ0v) is 19.8. The molecule has 4 rings (SSSR count). The number of aliphatic imine (C=N–C) groups is 1. The number of fused-ring (bicyclic) bond motifs is 3. The van der Waals surface area contributed by atoms with E-state index in [1.165, 1.54) is 24.3 Å². The van der Waals surface area contributed by atoms with Crippen LogP contribution in [0.4, 0.5) is 5.82 Å². The standard InChI is InChI=1S/C23H24N5O6P/c1-2-3-4-20-27-21-22(17-7-5-14(11-25-13-29)9-18(17)26-23(21)24)28(20)12-15-10-16(6-8-19(15)30)34-35(31,32)33/h5-10,30H,2-4,11-12H2,1H3,(H2,24,26)(H2,31,32,33). The van der Waals surface area contributed by atoms with Gasteiger partial charge in [-0.2, -0.15) is 0 Å². The smallest absolute Gasteiger partial charge is 0.508 e. The summed E-state index contributed by atoms with van der Waals surface area (Å²) in [5.74, 6) is 0.838. The minimum Gasteiger partial charge on any atom is -0.508 e. The number of nitrogen functional groups attached to an aromatic ring is 1. The first kappa shape index (κ1) is 24.4. The van der Waals surface area contributed by atoms with Crippen LogP contribution >= 0.6 is 7.82 Å². The van der Waals surface area contributed by atoms with E-state index in [1.807, 2.05) is 16.7 Å². The van der Waals surface area contributed by atoms with Gasteiger partial charge in [0.2, 0.25) is 6.08 Å². The highest BCUT2D eigenvalue weighted by Crippen LogP contribution is 2.39. The van der Waals surface area contributed by atoms with Crippen molar-refractivity contribution in [1.82, 2.24) is 14.5 Å². The molecule has 35 heavy (non-hydrogen) atoms. The number of aryl methyl sites for hydroxylation is 1. The molecule has 5 N–H and O–H groups in total. The van der Waals surface area contributed by atoms with E-state index in [0.717, 1.165) is 29.6 Å². The number of phenolic OH excluding ortho intramolecular Hbond substituents is 1. The number of phenols is 1. The molecule has 12 heteroatoms. The molecule has 0 spiro atoms. The first-order chi connectivity index (χ1) is 16.7. The topological polar surface area (TPSA) is 173 Å². The number of carbonyl (C=O) groups excluding carboxylic acids is 1. The van der Waals surface area contributed by atoms with E-state index in [9.17, 15) is 14.5 Å². The van der Waals surface area contributed by atoms with E-state index >= 15 is 0 Å². The number of nitrogens with zero attached hydrogens (tertiary/aromatic N) is 4. The second-order valence-corrected chi connectivity index (χ2v) is 9.21. The summed E-state index contributed by atoms with van der Waals surface area (Å²) < 4.78 is 17.9. The highest BCUT2D eigenvalue weighted by atomic mass is 31.2. The predicted octanol–water partition coefficient (Wildman–Crippen LogP) is 3.57. The summed E-state index contributed by atoms with van der Waals surface area (Å²) in [6, 6.07) is 9.46. The van der Waals surface area contributed by atoms with Gasteiger partial charge in [0.15, 0.2) is 5.82 Å². The first-order valence-electron chi connectivity index (χ1n) is 10.9. The number of anilines is 1. The fraction of sp³-hybridized carbons (Fsp3) is 0.261. The normalized spacial score (nSPS) is 11.6. The molecule has 182 valence electrons. The number of unbranched alkanes of at least 4 members (excludes halogenated alkanes) is 1. The first-order valence-corrected chi connectivity index (χ1v) is 12.4. The number of isocyanates is 1. The van der Waals surface area contributed by atoms with E-state index in [0.29, 0.717) is 28.5 Å². The number of phosphoric acid groups is 1. The van der Waals surface area contributed by atoms with Crippen LogP contribution in [0.5, 0.6) is 11.5 Å². The third-order valence-electron chi connectivity index (χ3n) is 5.53. The average Bonchev–Trinajstić information content (AvgIpc) is 3.16. The van der Waals surface area contributed by atoms with Crippen molar-refractivity contribution < 1.29 is 28.8 Å². The zero-order valence-electron chi connectivity index (χ0n) is 18.9. The van der Waals surface area contributed by atoms with E-state index < -0.39 is 7.82 Å². The maximum Gasteiger partial charge on any atom is 0.524 e. The van der Waals surface area contributed by atoms with Gasteiger partial charge in [0, 0.05) is 17.4 Å². The number of rotatable bonds is 9. The van der Waals surface area contributed by atoms with Crippen molar-refractivity contribution in [3.8, 4) is 11.5 Å². The summed E-state index contributed by atoms with van der Waals surface area (Å²) in [5.41, 5.74) is 9.25. The summed E-state index contributed by atoms with van der Waals surface area (Å²) in [7, 11) is -4.77. The Bertz CT molecular complexity index is 1510. The van der Waals surface area contributed by atoms with Crippen LogP contribution in [0.1, 0.15) is 36.7 Å². The summed E-state index contributed by atoms with van der Waals surface area (Å²) in [4.78, 5) is 41.7. The number of hydrogen-bond acceptors (Lipinski definition) is 8. The minimum atomic E-state index is -4.77. The molecule has 0 amide bonds. The Morgan fingerprint density at radius 1 is 1.20 bits per heavy atom. The summed E-state index contributed by atoms with van der Waals surface area (Å²) in [5, 5.41) is 11.3. The van der Waals surface area contributed by atoms with Crippen molar-refractivity contribution >= 4 is 41.7 Å². The van der Waals surface area contributed by atoms with E-state index in [4.69, 9.17) is 25.0 Å². The lowest BCUT2D eigenvalue weighted by atomic mass is 10.1. The van der Waals surface area contributed by atoms with Gasteiger partial charge in [0.05, 0.1) is 24.1 Å². The van der Waals surface area contributed by atoms with Crippen molar-refractivity contribution in [3.05, 3.63) is 53.3 Å². The van der Waals surface area contributed by atoms with Gasteiger partial charge in [0.1, 0.15) is 22.8 Å². The van der Waals surface area contributed by atoms with Crippen LogP contribution < -0.4 is 10.3 Å². The molecule has 0 radical (unpaired) electrons. The number of pyridine rings is 1. The number of nitrogens with two attached hydrogens (primary N) is 1. The third-order valence-corrected chi connectivity index (χ3v) is 5.98. The molecule has 2 aromatic heterocycles. The largest absolute Gasteiger partial charge is 0.524 e. The lowest BCUT2D eigenvalue weighted by molar-refractivity contribution is 0.283. The molecule has 0 aliphatic heterocycles. The van der Waals surface area contributed by atoms with Gasteiger partial charge in [-0.25, -0.2) is 24.3 Å². The van der Waals surface area contributed by atoms with Gasteiger partial charge in [-0.3, -0.25) is 9.79 Å². The number of imidazole rings is 1. The van der Waals surface area contributed by atoms with Crippen LogP contribution in [0.25, 0.3) is 21.9 Å². The summed E-state index contributed by atoms with van der Waals surface area (Å²) in [6.45, 7) is 2.38. The maximum absolute atomic E-state index is 11.3. The lowest BCUT2D eigenvalue weighted by Crippen LogP contribution is -2.06. The Kier molecular flexibility index (Phi) is 6.86. The Hall–Kier alpha value is -3.75. The highest BCUT2D eigenvalue weighted by molar-refractivity contribution is 7.46. The third kappa shape index (κ3) is 5.34. The molecule has 0 saturated carbocycles. The second kappa shape index (κ2) is 9.85. The summed E-state index contributed by atoms with van der Waals surface area (Å²) in [6.07, 6.45) is 3.98. The van der Waals surface area contributed by atoms with Gasteiger partial charge in [-0.1, -0.05) is 25.5 Å². The molecule has 4 aromatic rings. The Morgan fingerprint density at radius 2 is 2.00 bits per heavy atom. The van der Waals surface area contributed by atoms with Crippen LogP contribution in [0.3, 0.4) is 0 Å². The number of aromatic nitrogens is 3. The van der Waals surface area contributed by atoms with Crippen molar-refractivity contribution in [1.29, 1.82) is 0 Å². The second-order valence-electron chi connectivity index (χ2n) is 8.04. The number of phosphoric ester groups is 1. The van der Waals surface area contributed by atoms with Gasteiger partial charge in [-0.05, 0) is 36.2 Å². The van der Waals surface area contributed by atoms with Crippen LogP contribution in [-0.2, 0) is 28.9 Å². The minimum absolute atomic E-state index is 0.0632. The van der Waals surface area contributed by atoms with Crippen molar-refractivity contribution in [3.63, 3.8) is 0 Å². The molecular weight excluding hydrogens is 473 g/mol. The number of aromatic hydroxyl groups is 1. The predicted molar refractivity (Wildman–Crippen MR) is 130 cm³/mol. The Labute approximate surface area is 200 Å². The molecule has 0 aliphatic rings. The van der Waals surface area contributed by atoms with Crippen LogP contribution in [0, 0.1) is 0 Å². The fourth-order valence-corrected chi connectivity index (χ4v) is 4.36. The molecule has 2 aromatic carbocycles. The molecule has 0 atom stereocenters. The highest BCUT2D eigenvalue weighted by Gasteiger charge is 2.20. The fourth-order valence-electron chi connectivity index (χ4n) is 3.97. The van der Waals surface area contributed by atoms with Crippen LogP contribution in [-0.4, -0.2) is 35.5 Å². The molecule has 0 aliphatic carbocycles. The molecule has 0 fully saturated rings. The van der Waals surface area contributed by atoms with Crippen LogP contribution in [0.15, 0.2) is 41.4 Å². The molecular formula is C23H24N5O6P. The molecule has 0 saturated heterocycles. The van der Waals surface area contributed by atoms with E-state index in [-0.39, 0.29) is 30.4 Å². The monoisotopic (exact) mass is 497 g/mol. The van der Waals surface area contributed by atoms with Crippen molar-refractivity contribution in [2.45, 2.75) is 39.3 Å². The SMILES string of the molecule is CCCCc1nc2c(N)nc3cc(CN=C=O)ccc3c2n1Cc1cc(OP(=O)(O)O)ccc1O. The van der Waals surface area contributed by atoms with Gasteiger partial charge in [-0.15, -0.1) is 0 Å². The summed E-state index contributed by atoms with van der Waals surface area (Å²) >= 11 is 0. The lowest BCUT2D eigenvalue weighted by Gasteiger charge is -2.14. The average molecular weight is 497 g/mol. The molecule has 0 unspecified atom stereocenters.